The Bertz CT molecular complexity index is 191. The number of rotatable bonds is 8. The molecule has 0 aromatic rings. The van der Waals surface area contributed by atoms with Gasteiger partial charge in [0.1, 0.15) is 0 Å². The van der Waals surface area contributed by atoms with Crippen LogP contribution in [0.1, 0.15) is 44.9 Å². The number of carbonyl (C=O) groups excluding carboxylic acids is 1. The zero-order valence-corrected chi connectivity index (χ0v) is 10.0. The van der Waals surface area contributed by atoms with Gasteiger partial charge in [-0.25, -0.2) is 0 Å². The molecule has 1 heterocycles. The maximum absolute atomic E-state index is 11.4. The molecule has 0 aromatic heterocycles. The fraction of sp³-hybridized carbons (Fsp3) is 0.917. The first-order valence-electron chi connectivity index (χ1n) is 6.41. The summed E-state index contributed by atoms with van der Waals surface area (Å²) in [5.41, 5.74) is 5.39. The van der Waals surface area contributed by atoms with E-state index in [-0.39, 0.29) is 5.91 Å². The van der Waals surface area contributed by atoms with E-state index in [1.807, 2.05) is 0 Å². The normalized spacial score (nSPS) is 19.9. The highest BCUT2D eigenvalue weighted by Crippen LogP contribution is 2.16. The largest absolute Gasteiger partial charge is 0.378 e. The molecule has 0 aliphatic carbocycles. The Hall–Kier alpha value is -0.610. The van der Waals surface area contributed by atoms with Gasteiger partial charge in [-0.1, -0.05) is 6.42 Å². The van der Waals surface area contributed by atoms with Crippen molar-refractivity contribution in [2.24, 2.45) is 5.73 Å². The summed E-state index contributed by atoms with van der Waals surface area (Å²) >= 11 is 0. The van der Waals surface area contributed by atoms with Crippen molar-refractivity contribution >= 4 is 5.91 Å². The summed E-state index contributed by atoms with van der Waals surface area (Å²) in [6, 6.07) is 0. The summed E-state index contributed by atoms with van der Waals surface area (Å²) in [4.78, 5) is 11.4. The molecule has 4 nitrogen and oxygen atoms in total. The van der Waals surface area contributed by atoms with Crippen molar-refractivity contribution in [2.45, 2.75) is 51.0 Å². The number of nitrogens with two attached hydrogens (primary N) is 1. The number of nitrogens with one attached hydrogen (secondary N) is 1. The highest BCUT2D eigenvalue weighted by Gasteiger charge is 2.16. The molecule has 3 N–H and O–H groups in total. The molecule has 1 saturated heterocycles. The molecule has 0 saturated carbocycles. The fourth-order valence-corrected chi connectivity index (χ4v) is 1.93. The zero-order valence-electron chi connectivity index (χ0n) is 10.0. The molecule has 1 aliphatic heterocycles. The Balaban J connectivity index is 1.90. The molecule has 4 heteroatoms. The SMILES string of the molecule is NCCCCCNC(=O)CCC1CCCO1. The summed E-state index contributed by atoms with van der Waals surface area (Å²) < 4.78 is 5.47. The molecular weight excluding hydrogens is 204 g/mol. The quantitative estimate of drug-likeness (QED) is 0.613. The summed E-state index contributed by atoms with van der Waals surface area (Å²) in [6.07, 6.45) is 7.23. The van der Waals surface area contributed by atoms with Crippen molar-refractivity contribution in [2.75, 3.05) is 19.7 Å². The van der Waals surface area contributed by atoms with Gasteiger partial charge in [-0.05, 0) is 38.6 Å². The minimum absolute atomic E-state index is 0.156. The van der Waals surface area contributed by atoms with Crippen LogP contribution in [0.25, 0.3) is 0 Å². The molecule has 0 bridgehead atoms. The minimum atomic E-state index is 0.156. The van der Waals surface area contributed by atoms with Gasteiger partial charge in [0.25, 0.3) is 0 Å². The Kier molecular flexibility index (Phi) is 7.17. The van der Waals surface area contributed by atoms with Crippen LogP contribution in [0.5, 0.6) is 0 Å². The van der Waals surface area contributed by atoms with Crippen LogP contribution in [0, 0.1) is 0 Å². The van der Waals surface area contributed by atoms with Crippen LogP contribution in [0.4, 0.5) is 0 Å². The van der Waals surface area contributed by atoms with Crippen molar-refractivity contribution in [1.29, 1.82) is 0 Å². The van der Waals surface area contributed by atoms with E-state index in [4.69, 9.17) is 10.5 Å². The van der Waals surface area contributed by atoms with E-state index in [0.717, 1.165) is 58.2 Å². The van der Waals surface area contributed by atoms with Crippen LogP contribution >= 0.6 is 0 Å². The van der Waals surface area contributed by atoms with Crippen molar-refractivity contribution in [1.82, 2.24) is 5.32 Å². The van der Waals surface area contributed by atoms with Gasteiger partial charge in [-0.3, -0.25) is 4.79 Å². The van der Waals surface area contributed by atoms with Gasteiger partial charge in [0, 0.05) is 19.6 Å². The Morgan fingerprint density at radius 2 is 2.25 bits per heavy atom. The van der Waals surface area contributed by atoms with Gasteiger partial charge < -0.3 is 15.8 Å². The van der Waals surface area contributed by atoms with Crippen LogP contribution in [0.15, 0.2) is 0 Å². The second kappa shape index (κ2) is 8.53. The van der Waals surface area contributed by atoms with Crippen molar-refractivity contribution in [3.05, 3.63) is 0 Å². The minimum Gasteiger partial charge on any atom is -0.378 e. The van der Waals surface area contributed by atoms with E-state index < -0.39 is 0 Å². The number of carbonyl (C=O) groups is 1. The van der Waals surface area contributed by atoms with E-state index in [2.05, 4.69) is 5.32 Å². The standard InChI is InChI=1S/C12H24N2O2/c13-8-2-1-3-9-14-12(15)7-6-11-5-4-10-16-11/h11H,1-10,13H2,(H,14,15). The van der Waals surface area contributed by atoms with Gasteiger partial charge in [-0.15, -0.1) is 0 Å². The van der Waals surface area contributed by atoms with E-state index in [1.165, 1.54) is 0 Å². The lowest BCUT2D eigenvalue weighted by Gasteiger charge is -2.09. The van der Waals surface area contributed by atoms with Gasteiger partial charge >= 0.3 is 0 Å². The van der Waals surface area contributed by atoms with Crippen LogP contribution in [0.3, 0.4) is 0 Å². The Morgan fingerprint density at radius 1 is 1.38 bits per heavy atom. The molecule has 94 valence electrons. The number of amides is 1. The number of hydrogen-bond donors (Lipinski definition) is 2. The summed E-state index contributed by atoms with van der Waals surface area (Å²) in [7, 11) is 0. The first-order chi connectivity index (χ1) is 7.83. The topological polar surface area (TPSA) is 64.3 Å². The van der Waals surface area contributed by atoms with E-state index in [0.29, 0.717) is 12.5 Å². The predicted molar refractivity (Wildman–Crippen MR) is 64.1 cm³/mol. The molecule has 1 fully saturated rings. The lowest BCUT2D eigenvalue weighted by Crippen LogP contribution is -2.25. The molecule has 1 atom stereocenters. The molecule has 1 aliphatic rings. The zero-order chi connectivity index (χ0) is 11.6. The fourth-order valence-electron chi connectivity index (χ4n) is 1.93. The van der Waals surface area contributed by atoms with Crippen LogP contribution in [0.2, 0.25) is 0 Å². The Morgan fingerprint density at radius 3 is 2.94 bits per heavy atom. The molecule has 0 aromatic carbocycles. The van der Waals surface area contributed by atoms with Crippen LogP contribution in [-0.4, -0.2) is 31.7 Å². The van der Waals surface area contributed by atoms with Gasteiger partial charge in [0.15, 0.2) is 0 Å². The van der Waals surface area contributed by atoms with Crippen LogP contribution < -0.4 is 11.1 Å². The summed E-state index contributed by atoms with van der Waals surface area (Å²) in [5.74, 6) is 0.156. The third kappa shape index (κ3) is 6.08. The number of hydrogen-bond acceptors (Lipinski definition) is 3. The van der Waals surface area contributed by atoms with Crippen molar-refractivity contribution in [3.63, 3.8) is 0 Å². The van der Waals surface area contributed by atoms with Gasteiger partial charge in [0.2, 0.25) is 5.91 Å². The number of ether oxygens (including phenoxy) is 1. The summed E-state index contributed by atoms with van der Waals surface area (Å²) in [6.45, 7) is 2.39. The van der Waals surface area contributed by atoms with Gasteiger partial charge in [0.05, 0.1) is 6.10 Å². The average molecular weight is 228 g/mol. The molecule has 16 heavy (non-hydrogen) atoms. The maximum atomic E-state index is 11.4. The summed E-state index contributed by atoms with van der Waals surface area (Å²) in [5, 5.41) is 2.93. The first-order valence-corrected chi connectivity index (χ1v) is 6.41. The molecule has 1 rings (SSSR count). The van der Waals surface area contributed by atoms with Crippen molar-refractivity contribution < 1.29 is 9.53 Å². The lowest BCUT2D eigenvalue weighted by atomic mass is 10.1. The third-order valence-electron chi connectivity index (χ3n) is 2.92. The highest BCUT2D eigenvalue weighted by molar-refractivity contribution is 5.75. The first kappa shape index (κ1) is 13.5. The molecule has 0 radical (unpaired) electrons. The monoisotopic (exact) mass is 228 g/mol. The number of unbranched alkanes of at least 4 members (excludes halogenated alkanes) is 2. The molecular formula is C12H24N2O2. The lowest BCUT2D eigenvalue weighted by molar-refractivity contribution is -0.121. The molecule has 0 spiro atoms. The van der Waals surface area contributed by atoms with Gasteiger partial charge in [-0.2, -0.15) is 0 Å². The second-order valence-corrected chi connectivity index (χ2v) is 4.37. The van der Waals surface area contributed by atoms with E-state index in [1.54, 1.807) is 0 Å². The molecule has 1 amide bonds. The average Bonchev–Trinajstić information content (AvgIpc) is 2.79. The van der Waals surface area contributed by atoms with Crippen molar-refractivity contribution in [3.8, 4) is 0 Å². The smallest absolute Gasteiger partial charge is 0.220 e. The molecule has 1 unspecified atom stereocenters. The van der Waals surface area contributed by atoms with E-state index in [9.17, 15) is 4.79 Å². The maximum Gasteiger partial charge on any atom is 0.220 e. The second-order valence-electron chi connectivity index (χ2n) is 4.37. The Labute approximate surface area is 97.9 Å². The highest BCUT2D eigenvalue weighted by atomic mass is 16.5. The van der Waals surface area contributed by atoms with E-state index >= 15 is 0 Å². The van der Waals surface area contributed by atoms with Crippen LogP contribution in [-0.2, 0) is 9.53 Å². The third-order valence-corrected chi connectivity index (χ3v) is 2.92. The predicted octanol–water partition coefficient (Wildman–Crippen LogP) is 1.19.